The lowest BCUT2D eigenvalue weighted by Gasteiger charge is -2.37. The fourth-order valence-electron chi connectivity index (χ4n) is 5.47. The van der Waals surface area contributed by atoms with Crippen LogP contribution in [0, 0.1) is 23.7 Å². The Morgan fingerprint density at radius 2 is 1.37 bits per heavy atom. The predicted molar refractivity (Wildman–Crippen MR) is 116 cm³/mol. The van der Waals surface area contributed by atoms with Gasteiger partial charge in [-0.2, -0.15) is 0 Å². The molecule has 1 nitrogen and oxygen atoms in total. The van der Waals surface area contributed by atoms with Crippen molar-refractivity contribution in [3.05, 3.63) is 29.8 Å². The van der Waals surface area contributed by atoms with Gasteiger partial charge in [-0.25, -0.2) is 0 Å². The number of ether oxygens (including phenoxy) is 1. The average molecular weight is 371 g/mol. The van der Waals surface area contributed by atoms with Crippen molar-refractivity contribution >= 4 is 0 Å². The topological polar surface area (TPSA) is 9.23 Å². The minimum Gasteiger partial charge on any atom is -0.494 e. The highest BCUT2D eigenvalue weighted by atomic mass is 16.5. The van der Waals surface area contributed by atoms with Crippen LogP contribution in [-0.2, 0) is 6.42 Å². The van der Waals surface area contributed by atoms with Crippen LogP contribution in [0.3, 0.4) is 0 Å². The predicted octanol–water partition coefficient (Wildman–Crippen LogP) is 7.82. The second-order valence-corrected chi connectivity index (χ2v) is 9.35. The van der Waals surface area contributed by atoms with Gasteiger partial charge in [-0.1, -0.05) is 64.5 Å². The first-order chi connectivity index (χ1) is 13.3. The number of hydrogen-bond acceptors (Lipinski definition) is 1. The molecule has 0 aliphatic heterocycles. The van der Waals surface area contributed by atoms with E-state index in [1.54, 1.807) is 0 Å². The molecule has 2 fully saturated rings. The van der Waals surface area contributed by atoms with Gasteiger partial charge in [0.1, 0.15) is 5.75 Å². The fourth-order valence-corrected chi connectivity index (χ4v) is 5.47. The lowest BCUT2D eigenvalue weighted by atomic mass is 9.68. The summed E-state index contributed by atoms with van der Waals surface area (Å²) < 4.78 is 5.78. The van der Waals surface area contributed by atoms with Crippen molar-refractivity contribution in [1.82, 2.24) is 0 Å². The Hall–Kier alpha value is -0.980. The molecule has 2 aliphatic carbocycles. The van der Waals surface area contributed by atoms with E-state index in [-0.39, 0.29) is 0 Å². The highest BCUT2D eigenvalue weighted by molar-refractivity contribution is 5.27. The van der Waals surface area contributed by atoms with Gasteiger partial charge < -0.3 is 4.74 Å². The highest BCUT2D eigenvalue weighted by Crippen LogP contribution is 2.42. The van der Waals surface area contributed by atoms with Gasteiger partial charge >= 0.3 is 0 Å². The van der Waals surface area contributed by atoms with Crippen molar-refractivity contribution in [2.45, 2.75) is 97.3 Å². The number of hydrogen-bond donors (Lipinski definition) is 0. The summed E-state index contributed by atoms with van der Waals surface area (Å²) in [5, 5.41) is 0. The third-order valence-electron chi connectivity index (χ3n) is 7.56. The number of rotatable bonds is 9. The van der Waals surface area contributed by atoms with Gasteiger partial charge in [0.25, 0.3) is 0 Å². The van der Waals surface area contributed by atoms with Gasteiger partial charge in [-0.3, -0.25) is 0 Å². The smallest absolute Gasteiger partial charge is 0.119 e. The molecule has 152 valence electrons. The van der Waals surface area contributed by atoms with Crippen LogP contribution in [0.5, 0.6) is 5.75 Å². The Labute approximate surface area is 168 Å². The Bertz CT molecular complexity index is 504. The quantitative estimate of drug-likeness (QED) is 0.402. The fraction of sp³-hybridized carbons (Fsp3) is 0.769. The molecule has 0 saturated heterocycles. The lowest BCUT2D eigenvalue weighted by Crippen LogP contribution is -2.25. The number of aryl methyl sites for hydroxylation is 1. The summed E-state index contributed by atoms with van der Waals surface area (Å²) in [5.74, 6) is 5.16. The van der Waals surface area contributed by atoms with E-state index in [1.807, 2.05) is 0 Å². The molecule has 0 amide bonds. The van der Waals surface area contributed by atoms with E-state index >= 15 is 0 Å². The first-order valence-corrected chi connectivity index (χ1v) is 12.0. The Kier molecular flexibility index (Phi) is 8.55. The van der Waals surface area contributed by atoms with E-state index in [2.05, 4.69) is 38.1 Å². The minimum atomic E-state index is 0.846. The van der Waals surface area contributed by atoms with Gasteiger partial charge in [0.15, 0.2) is 0 Å². The van der Waals surface area contributed by atoms with Gasteiger partial charge in [-0.05, 0) is 86.3 Å². The van der Waals surface area contributed by atoms with E-state index < -0.39 is 0 Å². The average Bonchev–Trinajstić information content (AvgIpc) is 2.74. The zero-order valence-corrected chi connectivity index (χ0v) is 17.9. The second kappa shape index (κ2) is 11.1. The van der Waals surface area contributed by atoms with Crippen LogP contribution in [0.25, 0.3) is 0 Å². The van der Waals surface area contributed by atoms with E-state index in [0.717, 1.165) is 42.4 Å². The maximum atomic E-state index is 5.78. The molecule has 0 unspecified atom stereocenters. The standard InChI is InChI=1S/C26H42O/c1-3-5-20-27-26-18-12-23(13-19-26)7-6-22-10-16-25(17-11-22)24-14-8-21(4-2)9-15-24/h12-13,18-19,21-22,24-25H,3-11,14-17,20H2,1-2H3/t21-,22-,24-,25-. The van der Waals surface area contributed by atoms with Crippen LogP contribution >= 0.6 is 0 Å². The molecule has 0 N–H and O–H groups in total. The molecule has 0 bridgehead atoms. The zero-order chi connectivity index (χ0) is 18.9. The largest absolute Gasteiger partial charge is 0.494 e. The summed E-state index contributed by atoms with van der Waals surface area (Å²) >= 11 is 0. The summed E-state index contributed by atoms with van der Waals surface area (Å²) in [6, 6.07) is 8.88. The Morgan fingerprint density at radius 3 is 1.93 bits per heavy atom. The van der Waals surface area contributed by atoms with Crippen molar-refractivity contribution in [3.8, 4) is 5.75 Å². The van der Waals surface area contributed by atoms with E-state index in [4.69, 9.17) is 4.74 Å². The van der Waals surface area contributed by atoms with Crippen LogP contribution in [0.1, 0.15) is 96.5 Å². The number of unbranched alkanes of at least 4 members (excludes halogenated alkanes) is 1. The van der Waals surface area contributed by atoms with Gasteiger partial charge in [0, 0.05) is 0 Å². The maximum Gasteiger partial charge on any atom is 0.119 e. The van der Waals surface area contributed by atoms with Crippen LogP contribution in [0.15, 0.2) is 24.3 Å². The molecule has 2 saturated carbocycles. The normalized spacial score (nSPS) is 28.8. The zero-order valence-electron chi connectivity index (χ0n) is 17.9. The van der Waals surface area contributed by atoms with Gasteiger partial charge in [0.05, 0.1) is 6.61 Å². The van der Waals surface area contributed by atoms with Crippen LogP contribution in [0.4, 0.5) is 0 Å². The molecule has 0 radical (unpaired) electrons. The van der Waals surface area contributed by atoms with Crippen molar-refractivity contribution in [3.63, 3.8) is 0 Å². The van der Waals surface area contributed by atoms with Gasteiger partial charge in [-0.15, -0.1) is 0 Å². The summed E-state index contributed by atoms with van der Waals surface area (Å²) in [4.78, 5) is 0. The van der Waals surface area contributed by atoms with E-state index in [9.17, 15) is 0 Å². The molecule has 3 rings (SSSR count). The highest BCUT2D eigenvalue weighted by Gasteiger charge is 2.30. The lowest BCUT2D eigenvalue weighted by molar-refractivity contribution is 0.142. The van der Waals surface area contributed by atoms with Crippen LogP contribution < -0.4 is 4.74 Å². The molecule has 0 heterocycles. The Balaban J connectivity index is 1.33. The molecule has 0 spiro atoms. The van der Waals surface area contributed by atoms with E-state index in [1.165, 1.54) is 82.6 Å². The van der Waals surface area contributed by atoms with Crippen molar-refractivity contribution < 1.29 is 4.74 Å². The first-order valence-electron chi connectivity index (χ1n) is 12.0. The summed E-state index contributed by atoms with van der Waals surface area (Å²) in [7, 11) is 0. The second-order valence-electron chi connectivity index (χ2n) is 9.35. The molecule has 2 aliphatic rings. The third kappa shape index (κ3) is 6.54. The minimum absolute atomic E-state index is 0.846. The summed E-state index contributed by atoms with van der Waals surface area (Å²) in [6.45, 7) is 5.43. The van der Waals surface area contributed by atoms with Gasteiger partial charge in [0.2, 0.25) is 0 Å². The molecule has 1 heteroatoms. The molecule has 0 aromatic heterocycles. The monoisotopic (exact) mass is 370 g/mol. The molecule has 0 atom stereocenters. The SMILES string of the molecule is CCCCOc1ccc(CC[C@H]2CC[C@H]([C@H]3CC[C@H](CC)CC3)CC2)cc1. The van der Waals surface area contributed by atoms with Crippen molar-refractivity contribution in [2.75, 3.05) is 6.61 Å². The number of benzene rings is 1. The molecular formula is C26H42O. The van der Waals surface area contributed by atoms with Crippen LogP contribution in [-0.4, -0.2) is 6.61 Å². The Morgan fingerprint density at radius 1 is 0.778 bits per heavy atom. The van der Waals surface area contributed by atoms with Crippen molar-refractivity contribution in [1.29, 1.82) is 0 Å². The maximum absolute atomic E-state index is 5.78. The summed E-state index contributed by atoms with van der Waals surface area (Å²) in [6.07, 6.45) is 18.4. The van der Waals surface area contributed by atoms with E-state index in [0.29, 0.717) is 0 Å². The molecule has 1 aromatic rings. The molecular weight excluding hydrogens is 328 g/mol. The van der Waals surface area contributed by atoms with Crippen LogP contribution in [0.2, 0.25) is 0 Å². The molecule has 27 heavy (non-hydrogen) atoms. The summed E-state index contributed by atoms with van der Waals surface area (Å²) in [5.41, 5.74) is 1.48. The molecule has 1 aromatic carbocycles. The first kappa shape index (κ1) is 20.7. The van der Waals surface area contributed by atoms with Crippen molar-refractivity contribution in [2.24, 2.45) is 23.7 Å². The third-order valence-corrected chi connectivity index (χ3v) is 7.56.